The number of hydrogen-bond acceptors (Lipinski definition) is 2. The van der Waals surface area contributed by atoms with Crippen LogP contribution in [0.25, 0.3) is 0 Å². The fraction of sp³-hybridized carbons (Fsp3) is 0.273. The molecule has 1 aromatic rings. The Morgan fingerprint density at radius 2 is 2.22 bits per heavy atom. The molecule has 0 aliphatic carbocycles. The topological polar surface area (TPSA) is 50.2 Å². The van der Waals surface area contributed by atoms with Crippen LogP contribution in [0.15, 0.2) is 12.1 Å². The summed E-state index contributed by atoms with van der Waals surface area (Å²) in [5, 5.41) is 8.00. The van der Waals surface area contributed by atoms with Crippen LogP contribution in [0.3, 0.4) is 0 Å². The Kier molecular flexibility index (Phi) is 12.3. The van der Waals surface area contributed by atoms with Gasteiger partial charge in [-0.3, -0.25) is 11.2 Å². The molecule has 0 spiro atoms. The maximum atomic E-state index is 11.8. The van der Waals surface area contributed by atoms with Crippen LogP contribution in [0.4, 0.5) is 8.78 Å². The molecular weight excluding hydrogens is 259 g/mol. The van der Waals surface area contributed by atoms with Crippen molar-refractivity contribution in [3.8, 4) is 0 Å². The predicted octanol–water partition coefficient (Wildman–Crippen LogP) is 0.366. The van der Waals surface area contributed by atoms with Gasteiger partial charge in [-0.1, -0.05) is 0 Å². The smallest absolute Gasteiger partial charge is 0.503 e. The molecule has 0 aliphatic rings. The Morgan fingerprint density at radius 1 is 1.61 bits per heavy atom. The molecule has 0 amide bonds. The molecule has 7 heteroatoms. The van der Waals surface area contributed by atoms with Gasteiger partial charge in [-0.25, -0.2) is 15.2 Å². The molecule has 0 atom stereocenters. The van der Waals surface area contributed by atoms with E-state index in [9.17, 15) is 13.6 Å². The first-order chi connectivity index (χ1) is 7.97. The van der Waals surface area contributed by atoms with E-state index in [1.165, 1.54) is 12.5 Å². The van der Waals surface area contributed by atoms with Crippen molar-refractivity contribution in [2.24, 2.45) is 0 Å². The maximum Gasteiger partial charge on any atom is 1.00 e. The summed E-state index contributed by atoms with van der Waals surface area (Å²) in [7, 11) is 0. The number of halogens is 3. The molecule has 18 heavy (non-hydrogen) atoms. The summed E-state index contributed by atoms with van der Waals surface area (Å²) in [4.78, 5) is 13.0. The van der Waals surface area contributed by atoms with E-state index in [0.717, 1.165) is 6.07 Å². The number of carboxylic acids is 1. The van der Waals surface area contributed by atoms with Gasteiger partial charge in [0.2, 0.25) is 6.43 Å². The summed E-state index contributed by atoms with van der Waals surface area (Å²) < 4.78 is 23.6. The molecule has 0 saturated heterocycles. The minimum absolute atomic E-state index is 0. The normalized spacial score (nSPS) is 8.94. The molecule has 0 unspecified atom stereocenters. The fourth-order valence-electron chi connectivity index (χ4n) is 0.721. The van der Waals surface area contributed by atoms with E-state index in [1.54, 1.807) is 0 Å². The van der Waals surface area contributed by atoms with Crippen molar-refractivity contribution >= 4 is 17.6 Å². The Balaban J connectivity index is 0. The number of rotatable bonds is 4. The van der Waals surface area contributed by atoms with E-state index in [0.29, 0.717) is 12.8 Å². The predicted molar refractivity (Wildman–Crippen MR) is 59.6 cm³/mol. The molecule has 0 aromatic carbocycles. The Morgan fingerprint density at radius 3 is 2.50 bits per heavy atom. The molecule has 96 valence electrons. The van der Waals surface area contributed by atoms with Crippen LogP contribution in [0.2, 0.25) is 5.15 Å². The Hall–Kier alpha value is -0.763. The van der Waals surface area contributed by atoms with Gasteiger partial charge in [0.15, 0.2) is 5.97 Å². The van der Waals surface area contributed by atoms with Gasteiger partial charge in [0.25, 0.3) is 0 Å². The average molecular weight is 270 g/mol. The van der Waals surface area contributed by atoms with Crippen LogP contribution in [-0.2, 0) is 4.79 Å². The first-order valence-corrected chi connectivity index (χ1v) is 5.02. The van der Waals surface area contributed by atoms with Crippen molar-refractivity contribution in [3.63, 3.8) is 0 Å². The molecule has 0 saturated carbocycles. The molecule has 0 fully saturated rings. The SMILES string of the molecule is FC(F)c1c[c-]cc(Cl)n1.[CH2-]CC[CH-]C(=O)O.[Li+]. The minimum atomic E-state index is -2.57. The molecule has 0 radical (unpaired) electrons. The Bertz CT molecular complexity index is 354. The van der Waals surface area contributed by atoms with E-state index < -0.39 is 12.4 Å². The van der Waals surface area contributed by atoms with Crippen LogP contribution in [-0.4, -0.2) is 16.1 Å². The van der Waals surface area contributed by atoms with Gasteiger partial charge in [0.1, 0.15) is 0 Å². The van der Waals surface area contributed by atoms with Crippen molar-refractivity contribution in [1.29, 1.82) is 0 Å². The second kappa shape index (κ2) is 11.3. The van der Waals surface area contributed by atoms with Gasteiger partial charge >= 0.3 is 18.9 Å². The van der Waals surface area contributed by atoms with Gasteiger partial charge in [-0.05, 0) is 5.69 Å². The third-order valence-corrected chi connectivity index (χ3v) is 1.61. The number of carboxylic acid groups (broad SMARTS) is 1. The molecule has 0 bridgehead atoms. The van der Waals surface area contributed by atoms with E-state index in [4.69, 9.17) is 16.7 Å². The standard InChI is InChI=1S/C6H3ClF2N.C5H8O2.Li/c7-5-3-1-2-4(10-5)6(8)9;1-2-3-4-5(6)7;/h2-3,6H;4H,1-3H2,(H,6,7);/q-1;-2;+1. The summed E-state index contributed by atoms with van der Waals surface area (Å²) in [6.07, 6.45) is -0.149. The van der Waals surface area contributed by atoms with Gasteiger partial charge in [0, 0.05) is 5.15 Å². The zero-order valence-electron chi connectivity index (χ0n) is 9.87. The molecule has 0 aliphatic heterocycles. The van der Waals surface area contributed by atoms with Crippen LogP contribution >= 0.6 is 11.6 Å². The quantitative estimate of drug-likeness (QED) is 0.488. The summed E-state index contributed by atoms with van der Waals surface area (Å²) >= 11 is 5.31. The number of aliphatic carboxylic acids is 1. The number of pyridine rings is 1. The van der Waals surface area contributed by atoms with Gasteiger partial charge in [0.05, 0.1) is 0 Å². The fourth-order valence-corrected chi connectivity index (χ4v) is 0.882. The first kappa shape index (κ1) is 19.6. The van der Waals surface area contributed by atoms with E-state index >= 15 is 0 Å². The van der Waals surface area contributed by atoms with E-state index in [2.05, 4.69) is 18.0 Å². The van der Waals surface area contributed by atoms with E-state index in [-0.39, 0.29) is 29.7 Å². The second-order valence-corrected chi connectivity index (χ2v) is 3.19. The van der Waals surface area contributed by atoms with Gasteiger partial charge in [-0.15, -0.1) is 17.7 Å². The summed E-state index contributed by atoms with van der Waals surface area (Å²) in [6.45, 7) is 3.46. The Labute approximate surface area is 122 Å². The summed E-state index contributed by atoms with van der Waals surface area (Å²) in [5.74, 6) is -0.858. The number of nitrogens with zero attached hydrogens (tertiary/aromatic N) is 1. The minimum Gasteiger partial charge on any atom is -0.503 e. The zero-order chi connectivity index (χ0) is 13.3. The second-order valence-electron chi connectivity index (χ2n) is 2.80. The molecule has 1 aromatic heterocycles. The van der Waals surface area contributed by atoms with E-state index in [1.807, 2.05) is 0 Å². The van der Waals surface area contributed by atoms with Gasteiger partial charge in [-0.2, -0.15) is 18.6 Å². The van der Waals surface area contributed by atoms with Crippen LogP contribution in [0.1, 0.15) is 25.0 Å². The third kappa shape index (κ3) is 10.4. The summed E-state index contributed by atoms with van der Waals surface area (Å²) in [5.41, 5.74) is -0.340. The van der Waals surface area contributed by atoms with Crippen molar-refractivity contribution in [2.75, 3.05) is 0 Å². The molecular formula is C11H11ClF2LiNO2-2. The maximum absolute atomic E-state index is 11.8. The first-order valence-electron chi connectivity index (χ1n) is 4.64. The number of carbonyl (C=O) groups is 1. The van der Waals surface area contributed by atoms with Crippen LogP contribution < -0.4 is 18.9 Å². The summed E-state index contributed by atoms with van der Waals surface area (Å²) in [6, 6.07) is 4.87. The average Bonchev–Trinajstić information content (AvgIpc) is 2.27. The zero-order valence-corrected chi connectivity index (χ0v) is 10.6. The molecule has 1 N–H and O–H groups in total. The third-order valence-electron chi connectivity index (χ3n) is 1.42. The monoisotopic (exact) mass is 269 g/mol. The number of hydrogen-bond donors (Lipinski definition) is 1. The molecule has 1 rings (SSSR count). The van der Waals surface area contributed by atoms with Crippen molar-refractivity contribution < 1.29 is 37.5 Å². The van der Waals surface area contributed by atoms with Gasteiger partial charge < -0.3 is 17.0 Å². The molecule has 3 nitrogen and oxygen atoms in total. The van der Waals surface area contributed by atoms with Crippen molar-refractivity contribution in [1.82, 2.24) is 4.98 Å². The number of unbranched alkanes of at least 4 members (excludes halogenated alkanes) is 1. The van der Waals surface area contributed by atoms with Crippen molar-refractivity contribution in [3.05, 3.63) is 42.4 Å². The van der Waals surface area contributed by atoms with Crippen molar-refractivity contribution in [2.45, 2.75) is 19.3 Å². The van der Waals surface area contributed by atoms with Crippen LogP contribution in [0.5, 0.6) is 0 Å². The molecule has 1 heterocycles. The number of aromatic nitrogens is 1. The van der Waals surface area contributed by atoms with Crippen LogP contribution in [0, 0.1) is 19.4 Å². The number of alkyl halides is 2. The largest absolute Gasteiger partial charge is 1.00 e.